The van der Waals surface area contributed by atoms with Crippen molar-refractivity contribution in [1.29, 1.82) is 0 Å². The lowest BCUT2D eigenvalue weighted by Crippen LogP contribution is -2.43. The Hall–Kier alpha value is -3.50. The standard InChI is InChI=1S/C29H28ClF3N2O4S/c1-18(28-24(30)6-5-7-25(28)31)12-20-9-11-27-26(13-20)35(17-22(39-27)10-8-19(2)38-4)40(36,37)23-14-21(15-34-16-23)29(3,32)33/h5-7,9,11-16,22H,2,8,10,17H2,1,3-4H3. The summed E-state index contributed by atoms with van der Waals surface area (Å²) in [6, 6.07) is 10.2. The number of allylic oxidation sites excluding steroid dienone is 2. The average Bonchev–Trinajstić information content (AvgIpc) is 2.90. The van der Waals surface area contributed by atoms with Crippen molar-refractivity contribution in [2.45, 2.75) is 43.6 Å². The van der Waals surface area contributed by atoms with E-state index in [0.717, 1.165) is 22.8 Å². The third-order valence-electron chi connectivity index (χ3n) is 6.50. The second-order valence-corrected chi connectivity index (χ2v) is 11.8. The van der Waals surface area contributed by atoms with E-state index in [-0.39, 0.29) is 33.5 Å². The van der Waals surface area contributed by atoms with Crippen molar-refractivity contribution in [3.63, 3.8) is 0 Å². The van der Waals surface area contributed by atoms with E-state index in [1.54, 1.807) is 37.3 Å². The number of aromatic nitrogens is 1. The topological polar surface area (TPSA) is 68.7 Å². The number of benzene rings is 2. The molecule has 1 atom stereocenters. The van der Waals surface area contributed by atoms with Gasteiger partial charge in [0.1, 0.15) is 22.6 Å². The molecule has 1 aliphatic rings. The fourth-order valence-corrected chi connectivity index (χ4v) is 6.15. The molecule has 212 valence electrons. The number of rotatable bonds is 9. The molecule has 0 radical (unpaired) electrons. The van der Waals surface area contributed by atoms with Gasteiger partial charge in [-0.05, 0) is 54.8 Å². The molecule has 40 heavy (non-hydrogen) atoms. The van der Waals surface area contributed by atoms with Gasteiger partial charge >= 0.3 is 0 Å². The quantitative estimate of drug-likeness (QED) is 0.191. The number of fused-ring (bicyclic) bond motifs is 1. The van der Waals surface area contributed by atoms with Gasteiger partial charge in [0.25, 0.3) is 15.9 Å². The molecule has 0 spiro atoms. The third kappa shape index (κ3) is 6.28. The van der Waals surface area contributed by atoms with Crippen LogP contribution in [-0.2, 0) is 20.7 Å². The van der Waals surface area contributed by atoms with Gasteiger partial charge in [-0.2, -0.15) is 0 Å². The molecule has 0 aliphatic carbocycles. The normalized spacial score (nSPS) is 15.8. The summed E-state index contributed by atoms with van der Waals surface area (Å²) in [5, 5.41) is 0.236. The molecule has 0 saturated heterocycles. The molecule has 1 aliphatic heterocycles. The van der Waals surface area contributed by atoms with Gasteiger partial charge in [-0.25, -0.2) is 21.6 Å². The highest BCUT2D eigenvalue weighted by atomic mass is 35.5. The van der Waals surface area contributed by atoms with Gasteiger partial charge in [-0.15, -0.1) is 0 Å². The molecule has 0 fully saturated rings. The maximum atomic E-state index is 14.5. The van der Waals surface area contributed by atoms with Crippen molar-refractivity contribution in [3.05, 3.63) is 94.7 Å². The van der Waals surface area contributed by atoms with Crippen molar-refractivity contribution in [2.24, 2.45) is 0 Å². The van der Waals surface area contributed by atoms with Crippen LogP contribution in [0.4, 0.5) is 18.9 Å². The Kier molecular flexibility index (Phi) is 8.51. The van der Waals surface area contributed by atoms with Crippen LogP contribution in [0.25, 0.3) is 11.6 Å². The van der Waals surface area contributed by atoms with Crippen LogP contribution in [0, 0.1) is 5.82 Å². The zero-order valence-corrected chi connectivity index (χ0v) is 23.7. The van der Waals surface area contributed by atoms with Crippen LogP contribution in [0.3, 0.4) is 0 Å². The maximum Gasteiger partial charge on any atom is 0.272 e. The smallest absolute Gasteiger partial charge is 0.272 e. The second-order valence-electron chi connectivity index (χ2n) is 9.51. The Balaban J connectivity index is 1.79. The highest BCUT2D eigenvalue weighted by molar-refractivity contribution is 7.92. The molecule has 3 aromatic rings. The number of methoxy groups -OCH3 is 1. The Morgan fingerprint density at radius 1 is 1.27 bits per heavy atom. The number of nitrogens with zero attached hydrogens (tertiary/aromatic N) is 2. The molecule has 0 amide bonds. The van der Waals surface area contributed by atoms with E-state index in [1.165, 1.54) is 19.2 Å². The lowest BCUT2D eigenvalue weighted by Gasteiger charge is -2.36. The lowest BCUT2D eigenvalue weighted by molar-refractivity contribution is 0.0169. The van der Waals surface area contributed by atoms with Gasteiger partial charge in [0, 0.05) is 36.9 Å². The van der Waals surface area contributed by atoms with Gasteiger partial charge in [-0.3, -0.25) is 9.29 Å². The van der Waals surface area contributed by atoms with Crippen LogP contribution < -0.4 is 9.04 Å². The summed E-state index contributed by atoms with van der Waals surface area (Å²) in [7, 11) is -2.85. The molecular formula is C29H28ClF3N2O4S. The molecule has 0 bridgehead atoms. The third-order valence-corrected chi connectivity index (χ3v) is 8.56. The Bertz CT molecular complexity index is 1550. The molecule has 1 aromatic heterocycles. The van der Waals surface area contributed by atoms with E-state index in [2.05, 4.69) is 11.6 Å². The van der Waals surface area contributed by atoms with Crippen LogP contribution in [0.5, 0.6) is 5.75 Å². The van der Waals surface area contributed by atoms with Crippen LogP contribution in [0.1, 0.15) is 43.4 Å². The van der Waals surface area contributed by atoms with Gasteiger partial charge < -0.3 is 9.47 Å². The molecule has 2 aromatic carbocycles. The van der Waals surface area contributed by atoms with E-state index in [0.29, 0.717) is 36.7 Å². The minimum absolute atomic E-state index is 0.0929. The Labute approximate surface area is 236 Å². The first-order chi connectivity index (χ1) is 18.8. The van der Waals surface area contributed by atoms with Crippen molar-refractivity contribution in [1.82, 2.24) is 4.98 Å². The molecule has 0 saturated carbocycles. The maximum absolute atomic E-state index is 14.5. The summed E-state index contributed by atoms with van der Waals surface area (Å²) >= 11 is 6.22. The van der Waals surface area contributed by atoms with E-state index < -0.39 is 33.4 Å². The zero-order valence-electron chi connectivity index (χ0n) is 22.1. The van der Waals surface area contributed by atoms with Crippen LogP contribution in [0.2, 0.25) is 5.02 Å². The van der Waals surface area contributed by atoms with Crippen molar-refractivity contribution < 1.29 is 31.1 Å². The predicted molar refractivity (Wildman–Crippen MR) is 150 cm³/mol. The number of sulfonamides is 1. The van der Waals surface area contributed by atoms with Gasteiger partial charge in [0.2, 0.25) is 0 Å². The molecule has 11 heteroatoms. The molecule has 1 unspecified atom stereocenters. The lowest BCUT2D eigenvalue weighted by atomic mass is 10.0. The van der Waals surface area contributed by atoms with Crippen molar-refractivity contribution >= 4 is 39.0 Å². The fourth-order valence-electron chi connectivity index (χ4n) is 4.34. The number of pyridine rings is 1. The van der Waals surface area contributed by atoms with Gasteiger partial charge in [0.15, 0.2) is 0 Å². The summed E-state index contributed by atoms with van der Waals surface area (Å²) in [6.07, 6.45) is 3.89. The first kappa shape index (κ1) is 29.5. The average molecular weight is 593 g/mol. The highest BCUT2D eigenvalue weighted by Crippen LogP contribution is 2.40. The first-order valence-electron chi connectivity index (χ1n) is 12.3. The monoisotopic (exact) mass is 592 g/mol. The number of ether oxygens (including phenoxy) is 2. The number of hydrogen-bond donors (Lipinski definition) is 0. The van der Waals surface area contributed by atoms with Crippen LogP contribution in [0.15, 0.2) is 72.1 Å². The molecular weight excluding hydrogens is 565 g/mol. The first-order valence-corrected chi connectivity index (χ1v) is 14.1. The molecule has 4 rings (SSSR count). The van der Waals surface area contributed by atoms with E-state index >= 15 is 0 Å². The predicted octanol–water partition coefficient (Wildman–Crippen LogP) is 7.44. The van der Waals surface area contributed by atoms with Gasteiger partial charge in [-0.1, -0.05) is 36.4 Å². The Morgan fingerprint density at radius 2 is 2.02 bits per heavy atom. The zero-order chi connectivity index (χ0) is 29.2. The number of anilines is 1. The number of hydrogen-bond acceptors (Lipinski definition) is 5. The van der Waals surface area contributed by atoms with E-state index in [9.17, 15) is 21.6 Å². The van der Waals surface area contributed by atoms with Crippen molar-refractivity contribution in [3.8, 4) is 5.75 Å². The van der Waals surface area contributed by atoms with E-state index in [4.69, 9.17) is 21.1 Å². The minimum Gasteiger partial charge on any atom is -0.502 e. The summed E-state index contributed by atoms with van der Waals surface area (Å²) in [6.45, 7) is 6.06. The van der Waals surface area contributed by atoms with Crippen molar-refractivity contribution in [2.75, 3.05) is 18.0 Å². The molecule has 0 N–H and O–H groups in total. The summed E-state index contributed by atoms with van der Waals surface area (Å²) in [5.41, 5.74) is 0.981. The fraction of sp³-hybridized carbons (Fsp3) is 0.276. The largest absolute Gasteiger partial charge is 0.502 e. The number of alkyl halides is 2. The highest BCUT2D eigenvalue weighted by Gasteiger charge is 2.36. The SMILES string of the molecule is C=C(CCC1CN(S(=O)(=O)c2cncc(C(C)(F)F)c2)c2cc(C=C(C)c3c(F)cccc3Cl)ccc2O1)OC. The van der Waals surface area contributed by atoms with E-state index in [1.807, 2.05) is 0 Å². The molecule has 6 nitrogen and oxygen atoms in total. The Morgan fingerprint density at radius 3 is 2.70 bits per heavy atom. The summed E-state index contributed by atoms with van der Waals surface area (Å²) in [5.74, 6) is -2.99. The van der Waals surface area contributed by atoms with Crippen LogP contribution >= 0.6 is 11.6 Å². The second kappa shape index (κ2) is 11.5. The van der Waals surface area contributed by atoms with Gasteiger partial charge in [0.05, 0.1) is 30.1 Å². The minimum atomic E-state index is -4.34. The number of halogens is 4. The van der Waals surface area contributed by atoms with Crippen LogP contribution in [-0.4, -0.2) is 33.2 Å². The molecule has 2 heterocycles. The summed E-state index contributed by atoms with van der Waals surface area (Å²) in [4.78, 5) is 3.38. The summed E-state index contributed by atoms with van der Waals surface area (Å²) < 4.78 is 82.6.